The van der Waals surface area contributed by atoms with Crippen molar-refractivity contribution in [3.8, 4) is 0 Å². The second-order valence-electron chi connectivity index (χ2n) is 2.54. The highest BCUT2D eigenvalue weighted by molar-refractivity contribution is 8.82. The molecule has 62 valence electrons. The molecule has 0 rings (SSSR count). The average Bonchev–Trinajstić information content (AvgIpc) is 1.59. The van der Waals surface area contributed by atoms with Crippen LogP contribution < -0.4 is 0 Å². The maximum atomic E-state index is 9.99. The van der Waals surface area contributed by atoms with E-state index in [1.54, 1.807) is 0 Å². The standard InChI is InChI=1S/C5H10O2S2.CH4/c1-5(2,3)9-8-4(6)7;/h1-3H3,(H,6,7);1H4. The van der Waals surface area contributed by atoms with Crippen LogP contribution in [0.5, 0.6) is 0 Å². The zero-order chi connectivity index (χ0) is 7.49. The first-order valence-electron chi connectivity index (χ1n) is 2.50. The van der Waals surface area contributed by atoms with Crippen molar-refractivity contribution in [3.63, 3.8) is 0 Å². The monoisotopic (exact) mass is 182 g/mol. The molecule has 0 aliphatic rings. The fourth-order valence-electron chi connectivity index (χ4n) is 0.161. The van der Waals surface area contributed by atoms with E-state index in [2.05, 4.69) is 0 Å². The highest BCUT2D eigenvalue weighted by Crippen LogP contribution is 2.34. The van der Waals surface area contributed by atoms with Crippen molar-refractivity contribution >= 4 is 26.9 Å². The molecule has 4 heteroatoms. The van der Waals surface area contributed by atoms with Gasteiger partial charge in [-0.3, -0.25) is 0 Å². The quantitative estimate of drug-likeness (QED) is 0.630. The summed E-state index contributed by atoms with van der Waals surface area (Å²) < 4.78 is 0.0308. The number of hydrogen-bond acceptors (Lipinski definition) is 3. The van der Waals surface area contributed by atoms with Crippen LogP contribution in [0.3, 0.4) is 0 Å². The van der Waals surface area contributed by atoms with Crippen molar-refractivity contribution in [1.82, 2.24) is 0 Å². The van der Waals surface area contributed by atoms with Gasteiger partial charge in [-0.2, -0.15) is 0 Å². The molecule has 0 atom stereocenters. The normalized spacial score (nSPS) is 10.3. The Balaban J connectivity index is 0. The fraction of sp³-hybridized carbons (Fsp3) is 0.833. The number of hydrogen-bond donors (Lipinski definition) is 1. The minimum Gasteiger partial charge on any atom is -0.473 e. The summed E-state index contributed by atoms with van der Waals surface area (Å²) in [5.74, 6) is 0. The van der Waals surface area contributed by atoms with E-state index in [1.165, 1.54) is 10.8 Å². The van der Waals surface area contributed by atoms with Crippen molar-refractivity contribution in [2.45, 2.75) is 32.9 Å². The van der Waals surface area contributed by atoms with Gasteiger partial charge in [0.15, 0.2) is 0 Å². The Kier molecular flexibility index (Phi) is 6.29. The lowest BCUT2D eigenvalue weighted by molar-refractivity contribution is 0.222. The lowest BCUT2D eigenvalue weighted by Crippen LogP contribution is -2.05. The molecule has 0 heterocycles. The van der Waals surface area contributed by atoms with E-state index in [0.29, 0.717) is 0 Å². The Hall–Kier alpha value is 0.170. The van der Waals surface area contributed by atoms with Crippen molar-refractivity contribution in [2.75, 3.05) is 0 Å². The topological polar surface area (TPSA) is 37.3 Å². The molecule has 1 N–H and O–H groups in total. The van der Waals surface area contributed by atoms with Crippen LogP contribution in [-0.2, 0) is 0 Å². The van der Waals surface area contributed by atoms with Gasteiger partial charge in [0.05, 0.1) is 0 Å². The molecule has 2 nitrogen and oxygen atoms in total. The summed E-state index contributed by atoms with van der Waals surface area (Å²) in [6.07, 6.45) is 0. The molecule has 0 saturated carbocycles. The zero-order valence-electron chi connectivity index (χ0n) is 5.67. The molecule has 0 saturated heterocycles. The van der Waals surface area contributed by atoms with E-state index in [-0.39, 0.29) is 12.2 Å². The van der Waals surface area contributed by atoms with Crippen LogP contribution in [0.2, 0.25) is 0 Å². The van der Waals surface area contributed by atoms with E-state index < -0.39 is 5.30 Å². The van der Waals surface area contributed by atoms with Crippen molar-refractivity contribution in [3.05, 3.63) is 0 Å². The SMILES string of the molecule is C.CC(C)(C)SSC(=O)O. The van der Waals surface area contributed by atoms with Crippen LogP contribution in [0.4, 0.5) is 4.79 Å². The molecule has 0 radical (unpaired) electrons. The minimum absolute atomic E-state index is 0. The van der Waals surface area contributed by atoms with Crippen LogP contribution in [0.15, 0.2) is 0 Å². The maximum Gasteiger partial charge on any atom is 0.375 e. The zero-order valence-corrected chi connectivity index (χ0v) is 7.30. The summed E-state index contributed by atoms with van der Waals surface area (Å²) >= 11 is 0. The van der Waals surface area contributed by atoms with Crippen LogP contribution in [-0.4, -0.2) is 15.2 Å². The number of rotatable bonds is 1. The van der Waals surface area contributed by atoms with Crippen LogP contribution in [0.1, 0.15) is 28.2 Å². The molecular formula is C6H14O2S2. The Labute approximate surface area is 70.2 Å². The summed E-state index contributed by atoms with van der Waals surface area (Å²) in [5.41, 5.74) is 0. The summed E-state index contributed by atoms with van der Waals surface area (Å²) in [6.45, 7) is 5.94. The Morgan fingerprint density at radius 2 is 1.80 bits per heavy atom. The smallest absolute Gasteiger partial charge is 0.375 e. The average molecular weight is 182 g/mol. The van der Waals surface area contributed by atoms with Gasteiger partial charge in [-0.05, 0) is 0 Å². The van der Waals surface area contributed by atoms with Crippen LogP contribution >= 0.6 is 21.6 Å². The largest absolute Gasteiger partial charge is 0.473 e. The van der Waals surface area contributed by atoms with Gasteiger partial charge in [0.25, 0.3) is 0 Å². The van der Waals surface area contributed by atoms with Gasteiger partial charge in [0, 0.05) is 15.5 Å². The Morgan fingerprint density at radius 3 is 1.90 bits per heavy atom. The molecule has 10 heavy (non-hydrogen) atoms. The predicted octanol–water partition coefficient (Wildman–Crippen LogP) is 3.48. The molecule has 0 aliphatic carbocycles. The fourth-order valence-corrected chi connectivity index (χ4v) is 1.45. The van der Waals surface area contributed by atoms with Crippen molar-refractivity contribution in [2.24, 2.45) is 0 Å². The van der Waals surface area contributed by atoms with Crippen LogP contribution in [0, 0.1) is 0 Å². The maximum absolute atomic E-state index is 9.99. The highest BCUT2D eigenvalue weighted by Gasteiger charge is 2.13. The summed E-state index contributed by atoms with van der Waals surface area (Å²) in [5, 5.41) is 7.39. The van der Waals surface area contributed by atoms with Gasteiger partial charge in [0.1, 0.15) is 0 Å². The predicted molar refractivity (Wildman–Crippen MR) is 49.7 cm³/mol. The Morgan fingerprint density at radius 1 is 1.40 bits per heavy atom. The molecule has 0 aromatic heterocycles. The van der Waals surface area contributed by atoms with Gasteiger partial charge in [-0.25, -0.2) is 4.79 Å². The molecule has 0 amide bonds. The number of carboxylic acid groups (broad SMARTS) is 1. The van der Waals surface area contributed by atoms with E-state index >= 15 is 0 Å². The second kappa shape index (κ2) is 4.91. The lowest BCUT2D eigenvalue weighted by Gasteiger charge is -2.13. The number of carbonyl (C=O) groups is 1. The molecule has 0 aromatic carbocycles. The molecule has 0 bridgehead atoms. The third kappa shape index (κ3) is 11.0. The lowest BCUT2D eigenvalue weighted by atomic mass is 10.3. The molecule has 0 unspecified atom stereocenters. The van der Waals surface area contributed by atoms with E-state index in [1.807, 2.05) is 20.8 Å². The molecule has 0 aromatic rings. The molecule has 0 aliphatic heterocycles. The third-order valence-electron chi connectivity index (χ3n) is 0.363. The van der Waals surface area contributed by atoms with Gasteiger partial charge in [-0.1, -0.05) is 39.0 Å². The second-order valence-corrected chi connectivity index (χ2v) is 5.45. The first-order chi connectivity index (χ1) is 3.92. The molecule has 0 fully saturated rings. The summed E-state index contributed by atoms with van der Waals surface area (Å²) in [6, 6.07) is 0. The van der Waals surface area contributed by atoms with E-state index in [0.717, 1.165) is 10.8 Å². The van der Waals surface area contributed by atoms with Crippen molar-refractivity contribution < 1.29 is 9.90 Å². The van der Waals surface area contributed by atoms with Gasteiger partial charge >= 0.3 is 5.30 Å². The van der Waals surface area contributed by atoms with Crippen LogP contribution in [0.25, 0.3) is 0 Å². The van der Waals surface area contributed by atoms with E-state index in [4.69, 9.17) is 5.11 Å². The highest BCUT2D eigenvalue weighted by atomic mass is 33.1. The summed E-state index contributed by atoms with van der Waals surface area (Å²) in [7, 11) is 2.23. The Bertz CT molecular complexity index is 107. The minimum atomic E-state index is -0.824. The molecule has 0 spiro atoms. The van der Waals surface area contributed by atoms with Crippen molar-refractivity contribution in [1.29, 1.82) is 0 Å². The molecular weight excluding hydrogens is 168 g/mol. The van der Waals surface area contributed by atoms with Gasteiger partial charge in [0.2, 0.25) is 0 Å². The van der Waals surface area contributed by atoms with E-state index in [9.17, 15) is 4.79 Å². The summed E-state index contributed by atoms with van der Waals surface area (Å²) in [4.78, 5) is 9.99. The van der Waals surface area contributed by atoms with Gasteiger partial charge in [-0.15, -0.1) is 0 Å². The van der Waals surface area contributed by atoms with Gasteiger partial charge < -0.3 is 5.11 Å². The first-order valence-corrected chi connectivity index (χ1v) is 4.65. The first kappa shape index (κ1) is 12.8. The third-order valence-corrected chi connectivity index (χ3v) is 3.27.